The van der Waals surface area contributed by atoms with Gasteiger partial charge in [-0.3, -0.25) is 9.59 Å². The van der Waals surface area contributed by atoms with Crippen LogP contribution >= 0.6 is 0 Å². The van der Waals surface area contributed by atoms with Crippen LogP contribution < -0.4 is 0 Å². The van der Waals surface area contributed by atoms with E-state index in [-0.39, 0.29) is 0 Å². The van der Waals surface area contributed by atoms with E-state index in [9.17, 15) is 9.59 Å². The second-order valence-corrected chi connectivity index (χ2v) is 6.09. The van der Waals surface area contributed by atoms with Gasteiger partial charge in [-0.15, -0.1) is 0 Å². The number of carbonyl (C=O) groups excluding carboxylic acids is 2. The van der Waals surface area contributed by atoms with Crippen LogP contribution in [0.25, 0.3) is 0 Å². The number of ether oxygens (including phenoxy) is 3. The SMILES string of the molecule is CCCCOC(=O)C(CC)(CC)C(=O)OCCC(C)CCOC. The molecule has 5 heteroatoms. The third-order valence-corrected chi connectivity index (χ3v) is 4.38. The van der Waals surface area contributed by atoms with Gasteiger partial charge in [0.15, 0.2) is 5.41 Å². The molecule has 0 radical (unpaired) electrons. The summed E-state index contributed by atoms with van der Waals surface area (Å²) in [6, 6.07) is 0. The Morgan fingerprint density at radius 1 is 0.913 bits per heavy atom. The van der Waals surface area contributed by atoms with Crippen molar-refractivity contribution >= 4 is 11.9 Å². The summed E-state index contributed by atoms with van der Waals surface area (Å²) in [6.07, 6.45) is 4.24. The van der Waals surface area contributed by atoms with Crippen LogP contribution in [0.2, 0.25) is 0 Å². The van der Waals surface area contributed by atoms with Crippen LogP contribution in [0, 0.1) is 11.3 Å². The van der Waals surface area contributed by atoms with Crippen LogP contribution in [0.4, 0.5) is 0 Å². The Balaban J connectivity index is 4.51. The second kappa shape index (κ2) is 12.3. The fourth-order valence-electron chi connectivity index (χ4n) is 2.31. The largest absolute Gasteiger partial charge is 0.465 e. The smallest absolute Gasteiger partial charge is 0.323 e. The van der Waals surface area contributed by atoms with E-state index in [1.165, 1.54) is 0 Å². The van der Waals surface area contributed by atoms with Crippen molar-refractivity contribution in [2.24, 2.45) is 11.3 Å². The summed E-state index contributed by atoms with van der Waals surface area (Å²) in [5, 5.41) is 0. The van der Waals surface area contributed by atoms with Gasteiger partial charge in [-0.05, 0) is 38.0 Å². The summed E-state index contributed by atoms with van der Waals surface area (Å²) in [5.41, 5.74) is -1.16. The average Bonchev–Trinajstić information content (AvgIpc) is 2.55. The van der Waals surface area contributed by atoms with Crippen LogP contribution in [-0.4, -0.2) is 38.9 Å². The molecular weight excluding hydrogens is 296 g/mol. The monoisotopic (exact) mass is 330 g/mol. The molecule has 5 nitrogen and oxygen atoms in total. The van der Waals surface area contributed by atoms with Gasteiger partial charge in [-0.1, -0.05) is 34.1 Å². The van der Waals surface area contributed by atoms with Gasteiger partial charge in [-0.25, -0.2) is 0 Å². The molecule has 0 rings (SSSR count). The van der Waals surface area contributed by atoms with E-state index in [1.807, 2.05) is 20.8 Å². The van der Waals surface area contributed by atoms with Gasteiger partial charge in [0.05, 0.1) is 13.2 Å². The van der Waals surface area contributed by atoms with E-state index in [2.05, 4.69) is 6.92 Å². The molecule has 0 saturated heterocycles. The highest BCUT2D eigenvalue weighted by Crippen LogP contribution is 2.30. The number of unbranched alkanes of at least 4 members (excludes halogenated alkanes) is 1. The molecule has 0 aromatic heterocycles. The van der Waals surface area contributed by atoms with Gasteiger partial charge in [0.25, 0.3) is 0 Å². The summed E-state index contributed by atoms with van der Waals surface area (Å²) in [6.45, 7) is 9.16. The predicted molar refractivity (Wildman–Crippen MR) is 90.1 cm³/mol. The molecule has 0 amide bonds. The molecule has 0 aliphatic heterocycles. The maximum absolute atomic E-state index is 12.4. The number of carbonyl (C=O) groups is 2. The minimum absolute atomic E-state index is 0.327. The van der Waals surface area contributed by atoms with Crippen molar-refractivity contribution in [3.8, 4) is 0 Å². The minimum Gasteiger partial charge on any atom is -0.465 e. The van der Waals surface area contributed by atoms with E-state index < -0.39 is 17.4 Å². The van der Waals surface area contributed by atoms with E-state index in [4.69, 9.17) is 14.2 Å². The van der Waals surface area contributed by atoms with E-state index in [1.54, 1.807) is 7.11 Å². The Labute approximate surface area is 141 Å². The van der Waals surface area contributed by atoms with Crippen LogP contribution in [-0.2, 0) is 23.8 Å². The molecule has 0 bridgehead atoms. The first kappa shape index (κ1) is 21.9. The first-order valence-corrected chi connectivity index (χ1v) is 8.81. The van der Waals surface area contributed by atoms with Crippen LogP contribution in [0.3, 0.4) is 0 Å². The molecular formula is C18H34O5. The van der Waals surface area contributed by atoms with Crippen LogP contribution in [0.1, 0.15) is 66.2 Å². The molecule has 0 aromatic rings. The van der Waals surface area contributed by atoms with Gasteiger partial charge in [0.1, 0.15) is 0 Å². The third kappa shape index (κ3) is 7.34. The van der Waals surface area contributed by atoms with Crippen molar-refractivity contribution < 1.29 is 23.8 Å². The normalized spacial score (nSPS) is 12.7. The lowest BCUT2D eigenvalue weighted by Crippen LogP contribution is -2.41. The molecule has 1 unspecified atom stereocenters. The zero-order valence-corrected chi connectivity index (χ0v) is 15.5. The highest BCUT2D eigenvalue weighted by Gasteiger charge is 2.45. The van der Waals surface area contributed by atoms with E-state index in [0.717, 1.165) is 25.7 Å². The molecule has 0 N–H and O–H groups in total. The minimum atomic E-state index is -1.16. The van der Waals surface area contributed by atoms with Crippen molar-refractivity contribution in [2.75, 3.05) is 26.9 Å². The highest BCUT2D eigenvalue weighted by molar-refractivity contribution is 5.99. The topological polar surface area (TPSA) is 61.8 Å². The first-order chi connectivity index (χ1) is 11.0. The quantitative estimate of drug-likeness (QED) is 0.292. The Morgan fingerprint density at radius 2 is 1.43 bits per heavy atom. The van der Waals surface area contributed by atoms with Crippen molar-refractivity contribution in [3.05, 3.63) is 0 Å². The van der Waals surface area contributed by atoms with Gasteiger partial charge in [-0.2, -0.15) is 0 Å². The van der Waals surface area contributed by atoms with Gasteiger partial charge in [0.2, 0.25) is 0 Å². The Kier molecular flexibility index (Phi) is 11.7. The lowest BCUT2D eigenvalue weighted by Gasteiger charge is -2.27. The lowest BCUT2D eigenvalue weighted by molar-refractivity contribution is -0.173. The number of rotatable bonds is 13. The number of esters is 2. The maximum Gasteiger partial charge on any atom is 0.323 e. The maximum atomic E-state index is 12.4. The zero-order chi connectivity index (χ0) is 17.7. The first-order valence-electron chi connectivity index (χ1n) is 8.81. The molecule has 0 aromatic carbocycles. The van der Waals surface area contributed by atoms with Gasteiger partial charge >= 0.3 is 11.9 Å². The summed E-state index contributed by atoms with van der Waals surface area (Å²) in [4.78, 5) is 24.8. The number of methoxy groups -OCH3 is 1. The fraction of sp³-hybridized carbons (Fsp3) is 0.889. The fourth-order valence-corrected chi connectivity index (χ4v) is 2.31. The molecule has 0 fully saturated rings. The zero-order valence-electron chi connectivity index (χ0n) is 15.5. The Hall–Kier alpha value is -1.10. The average molecular weight is 330 g/mol. The summed E-state index contributed by atoms with van der Waals surface area (Å²) in [7, 11) is 1.67. The molecule has 0 saturated carbocycles. The van der Waals surface area contributed by atoms with Crippen LogP contribution in [0.5, 0.6) is 0 Å². The van der Waals surface area contributed by atoms with Crippen molar-refractivity contribution in [1.29, 1.82) is 0 Å². The molecule has 0 spiro atoms. The Bertz CT molecular complexity index is 336. The standard InChI is InChI=1S/C18H34O5/c1-6-9-12-22-16(19)18(7-2,8-3)17(20)23-14-11-15(4)10-13-21-5/h15H,6-14H2,1-5H3. The predicted octanol–water partition coefficient (Wildman–Crippen LogP) is 3.74. The third-order valence-electron chi connectivity index (χ3n) is 4.38. The highest BCUT2D eigenvalue weighted by atomic mass is 16.6. The number of hydrogen-bond acceptors (Lipinski definition) is 5. The summed E-state index contributed by atoms with van der Waals surface area (Å²) in [5.74, 6) is -0.492. The lowest BCUT2D eigenvalue weighted by atomic mass is 9.82. The molecule has 23 heavy (non-hydrogen) atoms. The molecule has 0 aliphatic rings. The van der Waals surface area contributed by atoms with Crippen molar-refractivity contribution in [1.82, 2.24) is 0 Å². The van der Waals surface area contributed by atoms with E-state index in [0.29, 0.717) is 38.6 Å². The van der Waals surface area contributed by atoms with Crippen LogP contribution in [0.15, 0.2) is 0 Å². The van der Waals surface area contributed by atoms with Crippen molar-refractivity contribution in [2.45, 2.75) is 66.2 Å². The number of hydrogen-bond donors (Lipinski definition) is 0. The molecule has 0 heterocycles. The second-order valence-electron chi connectivity index (χ2n) is 6.09. The molecule has 136 valence electrons. The summed E-state index contributed by atoms with van der Waals surface area (Å²) < 4.78 is 15.7. The van der Waals surface area contributed by atoms with Gasteiger partial charge in [0, 0.05) is 13.7 Å². The summed E-state index contributed by atoms with van der Waals surface area (Å²) >= 11 is 0. The Morgan fingerprint density at radius 3 is 1.91 bits per heavy atom. The van der Waals surface area contributed by atoms with E-state index >= 15 is 0 Å². The molecule has 1 atom stereocenters. The van der Waals surface area contributed by atoms with Crippen molar-refractivity contribution in [3.63, 3.8) is 0 Å². The van der Waals surface area contributed by atoms with Gasteiger partial charge < -0.3 is 14.2 Å². The molecule has 0 aliphatic carbocycles.